The fourth-order valence-corrected chi connectivity index (χ4v) is 1.82. The maximum absolute atomic E-state index is 13.8. The van der Waals surface area contributed by atoms with Crippen LogP contribution in [0.2, 0.25) is 5.02 Å². The van der Waals surface area contributed by atoms with E-state index in [9.17, 15) is 13.6 Å². The highest BCUT2D eigenvalue weighted by Gasteiger charge is 2.18. The molecule has 2 aromatic carbocycles. The predicted octanol–water partition coefficient (Wildman–Crippen LogP) is 3.89. The normalized spacial score (nSPS) is 10.3. The molecule has 2 aromatic rings. The number of nitrogens with zero attached hydrogens (tertiary/aromatic N) is 1. The predicted molar refractivity (Wildman–Crippen MR) is 70.5 cm³/mol. The second-order valence-corrected chi connectivity index (χ2v) is 4.35. The third kappa shape index (κ3) is 2.74. The molecule has 2 nitrogen and oxygen atoms in total. The molecule has 1 amide bonds. The molecule has 0 aromatic heterocycles. The van der Waals surface area contributed by atoms with E-state index >= 15 is 0 Å². The van der Waals surface area contributed by atoms with Crippen molar-refractivity contribution < 1.29 is 13.6 Å². The molecular weight excluding hydrogens is 272 g/mol. The minimum atomic E-state index is -0.665. The van der Waals surface area contributed by atoms with Gasteiger partial charge in [-0.15, -0.1) is 0 Å². The van der Waals surface area contributed by atoms with Gasteiger partial charge in [0, 0.05) is 12.6 Å². The zero-order valence-electron chi connectivity index (χ0n) is 10.0. The van der Waals surface area contributed by atoms with E-state index in [2.05, 4.69) is 0 Å². The molecular formula is C14H10ClF2NO. The summed E-state index contributed by atoms with van der Waals surface area (Å²) < 4.78 is 26.6. The smallest absolute Gasteiger partial charge is 0.258 e. The maximum Gasteiger partial charge on any atom is 0.258 e. The molecule has 0 spiro atoms. The van der Waals surface area contributed by atoms with Crippen molar-refractivity contribution in [3.63, 3.8) is 0 Å². The van der Waals surface area contributed by atoms with Gasteiger partial charge in [-0.3, -0.25) is 4.79 Å². The minimum absolute atomic E-state index is 0.0590. The second-order valence-electron chi connectivity index (χ2n) is 3.94. The molecule has 2 rings (SSSR count). The van der Waals surface area contributed by atoms with Crippen LogP contribution in [0.15, 0.2) is 42.5 Å². The van der Waals surface area contributed by atoms with Crippen LogP contribution in [0.25, 0.3) is 0 Å². The molecule has 19 heavy (non-hydrogen) atoms. The third-order valence-corrected chi connectivity index (χ3v) is 2.98. The van der Waals surface area contributed by atoms with Crippen LogP contribution in [-0.2, 0) is 0 Å². The quantitative estimate of drug-likeness (QED) is 0.818. The Labute approximate surface area is 114 Å². The van der Waals surface area contributed by atoms with E-state index in [1.165, 1.54) is 43.4 Å². The van der Waals surface area contributed by atoms with Gasteiger partial charge in [-0.05, 0) is 36.4 Å². The first kappa shape index (κ1) is 13.5. The zero-order valence-corrected chi connectivity index (χ0v) is 10.8. The van der Waals surface area contributed by atoms with Crippen LogP contribution >= 0.6 is 11.6 Å². The van der Waals surface area contributed by atoms with E-state index < -0.39 is 17.5 Å². The first-order valence-electron chi connectivity index (χ1n) is 5.48. The Hall–Kier alpha value is -1.94. The number of rotatable bonds is 2. The topological polar surface area (TPSA) is 20.3 Å². The highest BCUT2D eigenvalue weighted by atomic mass is 35.5. The van der Waals surface area contributed by atoms with Crippen LogP contribution in [0, 0.1) is 11.6 Å². The molecule has 0 heterocycles. The van der Waals surface area contributed by atoms with Crippen molar-refractivity contribution >= 4 is 23.2 Å². The number of halogens is 3. The summed E-state index contributed by atoms with van der Waals surface area (Å²) in [5.74, 6) is -1.54. The van der Waals surface area contributed by atoms with Gasteiger partial charge in [0.2, 0.25) is 0 Å². The second kappa shape index (κ2) is 5.36. The summed E-state index contributed by atoms with van der Waals surface area (Å²) in [7, 11) is 1.43. The molecule has 0 aliphatic carbocycles. The number of anilines is 1. The van der Waals surface area contributed by atoms with Gasteiger partial charge in [0.1, 0.15) is 5.82 Å². The lowest BCUT2D eigenvalue weighted by Crippen LogP contribution is -2.27. The molecule has 0 atom stereocenters. The fraction of sp³-hybridized carbons (Fsp3) is 0.0714. The standard InChI is InChI=1S/C14H10ClF2NO/c1-18(12-4-2-3-11(15)13(12)17)14(19)9-5-7-10(16)8-6-9/h2-8H,1H3. The molecule has 0 aliphatic rings. The van der Waals surface area contributed by atoms with Crippen LogP contribution < -0.4 is 4.90 Å². The van der Waals surface area contributed by atoms with E-state index in [1.54, 1.807) is 6.07 Å². The SMILES string of the molecule is CN(C(=O)c1ccc(F)cc1)c1cccc(Cl)c1F. The third-order valence-electron chi connectivity index (χ3n) is 2.69. The lowest BCUT2D eigenvalue weighted by atomic mass is 10.2. The number of hydrogen-bond donors (Lipinski definition) is 0. The summed E-state index contributed by atoms with van der Waals surface area (Å²) in [4.78, 5) is 13.2. The van der Waals surface area contributed by atoms with Crippen molar-refractivity contribution in [3.8, 4) is 0 Å². The first-order valence-corrected chi connectivity index (χ1v) is 5.86. The highest BCUT2D eigenvalue weighted by molar-refractivity contribution is 6.31. The Bertz CT molecular complexity index is 613. The molecule has 0 bridgehead atoms. The molecule has 0 unspecified atom stereocenters. The van der Waals surface area contributed by atoms with E-state index in [0.29, 0.717) is 0 Å². The van der Waals surface area contributed by atoms with Crippen molar-refractivity contribution in [1.82, 2.24) is 0 Å². The fourth-order valence-electron chi connectivity index (χ4n) is 1.65. The van der Waals surface area contributed by atoms with Gasteiger partial charge in [0.25, 0.3) is 5.91 Å². The Morgan fingerprint density at radius 1 is 1.11 bits per heavy atom. The molecule has 5 heteroatoms. The average molecular weight is 282 g/mol. The van der Waals surface area contributed by atoms with Crippen molar-refractivity contribution in [2.45, 2.75) is 0 Å². The minimum Gasteiger partial charge on any atom is -0.309 e. The van der Waals surface area contributed by atoms with E-state index in [1.807, 2.05) is 0 Å². The largest absolute Gasteiger partial charge is 0.309 e. The van der Waals surface area contributed by atoms with Gasteiger partial charge >= 0.3 is 0 Å². The van der Waals surface area contributed by atoms with Crippen LogP contribution in [-0.4, -0.2) is 13.0 Å². The van der Waals surface area contributed by atoms with E-state index in [0.717, 1.165) is 4.90 Å². The monoisotopic (exact) mass is 281 g/mol. The summed E-state index contributed by atoms with van der Waals surface area (Å²) in [5.41, 5.74) is 0.338. The lowest BCUT2D eigenvalue weighted by Gasteiger charge is -2.18. The first-order chi connectivity index (χ1) is 9.00. The molecule has 0 radical (unpaired) electrons. The van der Waals surface area contributed by atoms with Crippen LogP contribution in [0.3, 0.4) is 0 Å². The Morgan fingerprint density at radius 3 is 2.37 bits per heavy atom. The van der Waals surface area contributed by atoms with Gasteiger partial charge < -0.3 is 4.90 Å². The summed E-state index contributed by atoms with van der Waals surface area (Å²) in [6, 6.07) is 9.44. The number of carbonyl (C=O) groups is 1. The molecule has 0 saturated carbocycles. The molecule has 0 saturated heterocycles. The van der Waals surface area contributed by atoms with E-state index in [4.69, 9.17) is 11.6 Å². The van der Waals surface area contributed by atoms with Crippen LogP contribution in [0.1, 0.15) is 10.4 Å². The molecule has 0 N–H and O–H groups in total. The summed E-state index contributed by atoms with van der Waals surface area (Å²) in [6.45, 7) is 0. The number of amides is 1. The van der Waals surface area contributed by atoms with Crippen LogP contribution in [0.5, 0.6) is 0 Å². The van der Waals surface area contributed by atoms with Crippen LogP contribution in [0.4, 0.5) is 14.5 Å². The maximum atomic E-state index is 13.8. The van der Waals surface area contributed by atoms with Crippen molar-refractivity contribution in [1.29, 1.82) is 0 Å². The molecule has 98 valence electrons. The average Bonchev–Trinajstić information content (AvgIpc) is 2.41. The number of carbonyl (C=O) groups excluding carboxylic acids is 1. The number of hydrogen-bond acceptors (Lipinski definition) is 1. The molecule has 0 aliphatic heterocycles. The van der Waals surface area contributed by atoms with Crippen molar-refractivity contribution in [3.05, 3.63) is 64.7 Å². The van der Waals surface area contributed by atoms with Gasteiger partial charge in [-0.25, -0.2) is 8.78 Å². The van der Waals surface area contributed by atoms with Crippen molar-refractivity contribution in [2.24, 2.45) is 0 Å². The summed E-state index contributed by atoms with van der Waals surface area (Å²) >= 11 is 5.67. The highest BCUT2D eigenvalue weighted by Crippen LogP contribution is 2.25. The summed E-state index contributed by atoms with van der Waals surface area (Å²) in [5, 5.41) is -0.0590. The van der Waals surface area contributed by atoms with Gasteiger partial charge in [0.05, 0.1) is 10.7 Å². The zero-order chi connectivity index (χ0) is 14.0. The number of benzene rings is 2. The molecule has 0 fully saturated rings. The van der Waals surface area contributed by atoms with Gasteiger partial charge in [0.15, 0.2) is 5.82 Å². The Balaban J connectivity index is 2.33. The Kier molecular flexibility index (Phi) is 3.81. The van der Waals surface area contributed by atoms with E-state index in [-0.39, 0.29) is 16.3 Å². The van der Waals surface area contributed by atoms with Crippen molar-refractivity contribution in [2.75, 3.05) is 11.9 Å². The lowest BCUT2D eigenvalue weighted by molar-refractivity contribution is 0.0992. The Morgan fingerprint density at radius 2 is 1.74 bits per heavy atom. The summed E-state index contributed by atoms with van der Waals surface area (Å²) in [6.07, 6.45) is 0. The van der Waals surface area contributed by atoms with Gasteiger partial charge in [-0.2, -0.15) is 0 Å². The van der Waals surface area contributed by atoms with Gasteiger partial charge in [-0.1, -0.05) is 17.7 Å².